The molecule has 3 heterocycles. The van der Waals surface area contributed by atoms with Crippen molar-refractivity contribution in [3.8, 4) is 0 Å². The molecule has 0 N–H and O–H groups in total. The van der Waals surface area contributed by atoms with Gasteiger partial charge in [-0.05, 0) is 29.7 Å². The second kappa shape index (κ2) is 7.55. The van der Waals surface area contributed by atoms with Gasteiger partial charge in [0, 0.05) is 5.41 Å². The summed E-state index contributed by atoms with van der Waals surface area (Å²) in [5.41, 5.74) is 1.18. The van der Waals surface area contributed by atoms with Gasteiger partial charge >= 0.3 is 5.97 Å². The van der Waals surface area contributed by atoms with Crippen molar-refractivity contribution in [3.05, 3.63) is 52.7 Å². The molecule has 4 rings (SSSR count). The molecule has 0 saturated carbocycles. The average Bonchev–Trinajstić information content (AvgIpc) is 3.20. The first-order chi connectivity index (χ1) is 13.8. The lowest BCUT2D eigenvalue weighted by Gasteiger charge is -2.29. The van der Waals surface area contributed by atoms with E-state index in [9.17, 15) is 4.79 Å². The first-order valence-electron chi connectivity index (χ1n) is 9.22. The zero-order valence-corrected chi connectivity index (χ0v) is 17.7. The Bertz CT molecular complexity index is 1050. The molecule has 1 aromatic carbocycles. The zero-order valence-electron chi connectivity index (χ0n) is 16.2. The molecule has 1 fully saturated rings. The van der Waals surface area contributed by atoms with Crippen LogP contribution in [0.4, 0.5) is 0 Å². The number of nitrogens with zero attached hydrogens (tertiary/aromatic N) is 4. The number of carbonyl (C=O) groups is 1. The normalized spacial score (nSPS) is 23.4. The molecule has 1 aliphatic rings. The quantitative estimate of drug-likeness (QED) is 0.340. The largest absolute Gasteiger partial charge is 0.459 e. The summed E-state index contributed by atoms with van der Waals surface area (Å²) < 4.78 is 13.6. The van der Waals surface area contributed by atoms with Crippen LogP contribution in [0.5, 0.6) is 0 Å². The minimum atomic E-state index is -0.384. The summed E-state index contributed by atoms with van der Waals surface area (Å²) in [5, 5.41) is 0.234. The van der Waals surface area contributed by atoms with Crippen LogP contribution in [0.1, 0.15) is 37.4 Å². The van der Waals surface area contributed by atoms with Gasteiger partial charge < -0.3 is 9.47 Å². The molecule has 9 heteroatoms. The highest BCUT2D eigenvalue weighted by atomic mass is 35.5. The van der Waals surface area contributed by atoms with E-state index in [2.05, 4.69) is 35.7 Å². The van der Waals surface area contributed by atoms with Gasteiger partial charge in [-0.25, -0.2) is 14.8 Å². The number of imidazole rings is 1. The number of esters is 1. The lowest BCUT2D eigenvalue weighted by atomic mass is 9.78. The molecule has 29 heavy (non-hydrogen) atoms. The van der Waals surface area contributed by atoms with E-state index < -0.39 is 0 Å². The Morgan fingerprint density at radius 3 is 2.69 bits per heavy atom. The SMILES string of the molecule is C[C@@H]1[C@@H](COC(=O)c2ccccc2)O[C@@H](n2cnc3c(Cl)nc(Cl)nc32)C1(C)C. The minimum Gasteiger partial charge on any atom is -0.459 e. The van der Waals surface area contributed by atoms with Crippen LogP contribution in [0, 0.1) is 11.3 Å². The molecule has 3 atom stereocenters. The summed E-state index contributed by atoms with van der Waals surface area (Å²) in [6.45, 7) is 6.42. The van der Waals surface area contributed by atoms with Gasteiger partial charge in [-0.2, -0.15) is 4.98 Å². The summed E-state index contributed by atoms with van der Waals surface area (Å²) >= 11 is 12.1. The highest BCUT2D eigenvalue weighted by Crippen LogP contribution is 2.49. The van der Waals surface area contributed by atoms with Crippen molar-refractivity contribution < 1.29 is 14.3 Å². The van der Waals surface area contributed by atoms with Crippen LogP contribution >= 0.6 is 23.2 Å². The van der Waals surface area contributed by atoms with E-state index in [-0.39, 0.29) is 46.7 Å². The van der Waals surface area contributed by atoms with Crippen LogP contribution in [0.25, 0.3) is 11.2 Å². The number of hydrogen-bond donors (Lipinski definition) is 0. The van der Waals surface area contributed by atoms with Gasteiger partial charge in [-0.15, -0.1) is 0 Å². The predicted molar refractivity (Wildman–Crippen MR) is 109 cm³/mol. The molecule has 3 aromatic rings. The van der Waals surface area contributed by atoms with Crippen molar-refractivity contribution in [2.45, 2.75) is 33.1 Å². The first-order valence-corrected chi connectivity index (χ1v) is 9.98. The number of carbonyl (C=O) groups excluding carboxylic acids is 1. The van der Waals surface area contributed by atoms with E-state index in [1.54, 1.807) is 30.6 Å². The molecule has 0 unspecified atom stereocenters. The Hall–Kier alpha value is -2.22. The first kappa shape index (κ1) is 20.1. The van der Waals surface area contributed by atoms with Crippen molar-refractivity contribution in [1.82, 2.24) is 19.5 Å². The molecule has 2 aromatic heterocycles. The van der Waals surface area contributed by atoms with Crippen molar-refractivity contribution in [2.75, 3.05) is 6.61 Å². The fourth-order valence-electron chi connectivity index (χ4n) is 3.61. The Balaban J connectivity index is 1.56. The van der Waals surface area contributed by atoms with Crippen LogP contribution in [0.2, 0.25) is 10.4 Å². The number of ether oxygens (including phenoxy) is 2. The molecule has 0 bridgehead atoms. The topological polar surface area (TPSA) is 79.1 Å². The third-order valence-electron chi connectivity index (χ3n) is 5.66. The molecule has 7 nitrogen and oxygen atoms in total. The van der Waals surface area contributed by atoms with E-state index in [1.807, 2.05) is 10.6 Å². The Morgan fingerprint density at radius 2 is 1.97 bits per heavy atom. The lowest BCUT2D eigenvalue weighted by Crippen LogP contribution is -2.29. The van der Waals surface area contributed by atoms with Gasteiger partial charge in [0.1, 0.15) is 18.4 Å². The Morgan fingerprint density at radius 1 is 1.24 bits per heavy atom. The molecule has 152 valence electrons. The van der Waals surface area contributed by atoms with Gasteiger partial charge in [0.25, 0.3) is 0 Å². The van der Waals surface area contributed by atoms with Gasteiger partial charge in [-0.1, -0.05) is 50.6 Å². The molecular formula is C20H20Cl2N4O3. The molecule has 0 spiro atoms. The van der Waals surface area contributed by atoms with Crippen molar-refractivity contribution >= 4 is 40.3 Å². The third-order valence-corrected chi connectivity index (χ3v) is 6.10. The standard InChI is InChI=1S/C20H20Cl2N4O3/c1-11-13(9-28-17(27)12-7-5-4-6-8-12)29-18(20(11,2)3)26-10-23-14-15(21)24-19(22)25-16(14)26/h4-8,10-11,13,18H,9H2,1-3H3/t11-,13-,18-/m1/s1. The lowest BCUT2D eigenvalue weighted by molar-refractivity contribution is -0.0513. The van der Waals surface area contributed by atoms with E-state index in [1.165, 1.54) is 0 Å². The van der Waals surface area contributed by atoms with Crippen LogP contribution in [0.15, 0.2) is 36.7 Å². The van der Waals surface area contributed by atoms with Crippen molar-refractivity contribution in [1.29, 1.82) is 0 Å². The molecule has 0 amide bonds. The number of fused-ring (bicyclic) bond motifs is 1. The van der Waals surface area contributed by atoms with Gasteiger partial charge in [0.15, 0.2) is 10.8 Å². The second-order valence-electron chi connectivity index (χ2n) is 7.71. The summed E-state index contributed by atoms with van der Waals surface area (Å²) in [7, 11) is 0. The fourth-order valence-corrected chi connectivity index (χ4v) is 4.04. The molecule has 1 saturated heterocycles. The highest BCUT2D eigenvalue weighted by Gasteiger charge is 2.50. The van der Waals surface area contributed by atoms with E-state index in [0.29, 0.717) is 16.7 Å². The average molecular weight is 435 g/mol. The Labute approximate surface area is 178 Å². The smallest absolute Gasteiger partial charge is 0.338 e. The van der Waals surface area contributed by atoms with Crippen molar-refractivity contribution in [3.63, 3.8) is 0 Å². The number of halogens is 2. The number of benzene rings is 1. The summed E-state index contributed by atoms with van der Waals surface area (Å²) in [5.74, 6) is -0.275. The van der Waals surface area contributed by atoms with E-state index >= 15 is 0 Å². The van der Waals surface area contributed by atoms with Crippen LogP contribution < -0.4 is 0 Å². The van der Waals surface area contributed by atoms with Crippen LogP contribution in [0.3, 0.4) is 0 Å². The molecule has 1 aliphatic heterocycles. The van der Waals surface area contributed by atoms with Gasteiger partial charge in [0.05, 0.1) is 18.0 Å². The van der Waals surface area contributed by atoms with Crippen LogP contribution in [-0.2, 0) is 9.47 Å². The maximum atomic E-state index is 12.3. The molecular weight excluding hydrogens is 415 g/mol. The van der Waals surface area contributed by atoms with E-state index in [0.717, 1.165) is 0 Å². The monoisotopic (exact) mass is 434 g/mol. The number of hydrogen-bond acceptors (Lipinski definition) is 6. The zero-order chi connectivity index (χ0) is 20.8. The second-order valence-corrected chi connectivity index (χ2v) is 8.40. The number of aromatic nitrogens is 4. The van der Waals surface area contributed by atoms with Crippen molar-refractivity contribution in [2.24, 2.45) is 11.3 Å². The molecule has 0 radical (unpaired) electrons. The fraction of sp³-hybridized carbons (Fsp3) is 0.400. The Kier molecular flexibility index (Phi) is 5.23. The third kappa shape index (κ3) is 3.58. The number of rotatable bonds is 4. The van der Waals surface area contributed by atoms with Crippen LogP contribution in [-0.4, -0.2) is 38.2 Å². The summed E-state index contributed by atoms with van der Waals surface area (Å²) in [4.78, 5) is 24.8. The molecule has 0 aliphatic carbocycles. The summed E-state index contributed by atoms with van der Waals surface area (Å²) in [6, 6.07) is 8.89. The highest BCUT2D eigenvalue weighted by molar-refractivity contribution is 6.35. The summed E-state index contributed by atoms with van der Waals surface area (Å²) in [6.07, 6.45) is 0.955. The van der Waals surface area contributed by atoms with E-state index in [4.69, 9.17) is 32.7 Å². The predicted octanol–water partition coefficient (Wildman–Crippen LogP) is 4.55. The maximum Gasteiger partial charge on any atom is 0.338 e. The van der Waals surface area contributed by atoms with Gasteiger partial charge in [-0.3, -0.25) is 4.57 Å². The maximum absolute atomic E-state index is 12.3. The van der Waals surface area contributed by atoms with Gasteiger partial charge in [0.2, 0.25) is 5.28 Å². The minimum absolute atomic E-state index is 0.0430.